The highest BCUT2D eigenvalue weighted by atomic mass is 32.2. The zero-order valence-electron chi connectivity index (χ0n) is 18.0. The van der Waals surface area contributed by atoms with Crippen molar-refractivity contribution in [2.75, 3.05) is 19.6 Å². The molecule has 3 nitrogen and oxygen atoms in total. The van der Waals surface area contributed by atoms with E-state index < -0.39 is 20.2 Å². The second kappa shape index (κ2) is 7.99. The lowest BCUT2D eigenvalue weighted by Gasteiger charge is -2.30. The van der Waals surface area contributed by atoms with Crippen molar-refractivity contribution in [1.82, 2.24) is 4.90 Å². The van der Waals surface area contributed by atoms with Crippen LogP contribution < -0.4 is 0 Å². The third-order valence-corrected chi connectivity index (χ3v) is 8.28. The van der Waals surface area contributed by atoms with Crippen molar-refractivity contribution in [3.8, 4) is 0 Å². The van der Waals surface area contributed by atoms with Gasteiger partial charge < -0.3 is 4.90 Å². The van der Waals surface area contributed by atoms with E-state index in [-0.39, 0.29) is 0 Å². The lowest BCUT2D eigenvalue weighted by molar-refractivity contribution is -0.0436. The molecule has 0 spiro atoms. The largest absolute Gasteiger partial charge is 0.501 e. The molecular weight excluding hydrogens is 447 g/mol. The van der Waals surface area contributed by atoms with Crippen molar-refractivity contribution >= 4 is 27.6 Å². The minimum atomic E-state index is -5.44. The van der Waals surface area contributed by atoms with Crippen LogP contribution in [0.15, 0.2) is 65.1 Å². The molecule has 1 atom stereocenters. The van der Waals surface area contributed by atoms with Crippen LogP contribution in [0.4, 0.5) is 13.2 Å². The topological polar surface area (TPSA) is 37.4 Å². The van der Waals surface area contributed by atoms with Gasteiger partial charge in [-0.3, -0.25) is 0 Å². The van der Waals surface area contributed by atoms with E-state index in [0.29, 0.717) is 17.0 Å². The van der Waals surface area contributed by atoms with Crippen LogP contribution in [0.25, 0.3) is 17.7 Å². The molecule has 0 amide bonds. The molecule has 2 aliphatic carbocycles. The smallest absolute Gasteiger partial charge is 0.302 e. The number of nitrogens with zero attached hydrogens (tertiary/aromatic N) is 1. The van der Waals surface area contributed by atoms with Crippen molar-refractivity contribution in [2.45, 2.75) is 29.7 Å². The fraction of sp³-hybridized carbons (Fsp3) is 0.308. The van der Waals surface area contributed by atoms with Crippen molar-refractivity contribution in [3.63, 3.8) is 0 Å². The number of alkyl halides is 3. The molecule has 5 rings (SSSR count). The fourth-order valence-electron chi connectivity index (χ4n) is 4.79. The van der Waals surface area contributed by atoms with Gasteiger partial charge in [0.05, 0.1) is 4.90 Å². The first-order chi connectivity index (χ1) is 15.6. The van der Waals surface area contributed by atoms with Crippen molar-refractivity contribution in [1.29, 1.82) is 0 Å². The second-order valence-electron chi connectivity index (χ2n) is 8.96. The zero-order valence-corrected chi connectivity index (χ0v) is 18.8. The number of sulfone groups is 1. The van der Waals surface area contributed by atoms with Crippen LogP contribution in [-0.4, -0.2) is 38.5 Å². The van der Waals surface area contributed by atoms with Gasteiger partial charge in [-0.25, -0.2) is 8.42 Å². The molecular formula is C26H24F3NO2S. The van der Waals surface area contributed by atoms with E-state index in [4.69, 9.17) is 0 Å². The SMILES string of the molecule is C=C1CC1CN1CCC(=C2c3ccccc3C=Cc3ccc(S(=O)(=O)C(F)(F)F)cc32)CC1. The van der Waals surface area contributed by atoms with Gasteiger partial charge >= 0.3 is 5.51 Å². The van der Waals surface area contributed by atoms with Crippen LogP contribution in [0.3, 0.4) is 0 Å². The van der Waals surface area contributed by atoms with Crippen LogP contribution in [0.5, 0.6) is 0 Å². The molecule has 0 radical (unpaired) electrons. The summed E-state index contributed by atoms with van der Waals surface area (Å²) in [6, 6.07) is 11.5. The summed E-state index contributed by atoms with van der Waals surface area (Å²) in [5.74, 6) is 0.581. The Kier molecular flexibility index (Phi) is 5.37. The lowest BCUT2D eigenvalue weighted by atomic mass is 9.86. The number of likely N-dealkylation sites (tertiary alicyclic amines) is 1. The van der Waals surface area contributed by atoms with Gasteiger partial charge in [0.2, 0.25) is 0 Å². The van der Waals surface area contributed by atoms with E-state index >= 15 is 0 Å². The number of halogens is 3. The summed E-state index contributed by atoms with van der Waals surface area (Å²) in [5, 5.41) is 0. The highest BCUT2D eigenvalue weighted by Gasteiger charge is 2.47. The maximum atomic E-state index is 13.3. The number of rotatable bonds is 3. The summed E-state index contributed by atoms with van der Waals surface area (Å²) < 4.78 is 64.1. The lowest BCUT2D eigenvalue weighted by Crippen LogP contribution is -2.32. The predicted octanol–water partition coefficient (Wildman–Crippen LogP) is 5.94. The van der Waals surface area contributed by atoms with E-state index in [9.17, 15) is 21.6 Å². The van der Waals surface area contributed by atoms with Crippen LogP contribution in [0.1, 0.15) is 41.5 Å². The van der Waals surface area contributed by atoms with Crippen LogP contribution >= 0.6 is 0 Å². The van der Waals surface area contributed by atoms with Gasteiger partial charge in [-0.15, -0.1) is 0 Å². The highest BCUT2D eigenvalue weighted by Crippen LogP contribution is 2.42. The van der Waals surface area contributed by atoms with Gasteiger partial charge in [0.25, 0.3) is 9.84 Å². The standard InChI is InChI=1S/C26H24F3NO2S/c1-17-14-21(17)16-30-12-10-20(11-13-30)25-23-5-3-2-4-18(23)6-7-19-8-9-22(15-24(19)25)33(31,32)26(27,28)29/h2-9,15,21H,1,10-14,16H2. The summed E-state index contributed by atoms with van der Waals surface area (Å²) in [6.07, 6.45) is 6.46. The molecule has 1 saturated carbocycles. The summed E-state index contributed by atoms with van der Waals surface area (Å²) >= 11 is 0. The highest BCUT2D eigenvalue weighted by molar-refractivity contribution is 7.92. The van der Waals surface area contributed by atoms with Crippen molar-refractivity contribution < 1.29 is 21.6 Å². The Morgan fingerprint density at radius 3 is 2.24 bits per heavy atom. The monoisotopic (exact) mass is 471 g/mol. The van der Waals surface area contributed by atoms with Gasteiger partial charge in [0, 0.05) is 19.6 Å². The third-order valence-electron chi connectivity index (χ3n) is 6.80. The van der Waals surface area contributed by atoms with Crippen LogP contribution in [-0.2, 0) is 9.84 Å². The Morgan fingerprint density at radius 1 is 0.970 bits per heavy atom. The molecule has 1 heterocycles. The molecule has 3 aliphatic rings. The summed E-state index contributed by atoms with van der Waals surface area (Å²) in [7, 11) is -5.44. The minimum absolute atomic E-state index is 0.542. The van der Waals surface area contributed by atoms with E-state index in [1.165, 1.54) is 17.7 Å². The average Bonchev–Trinajstić information content (AvgIpc) is 3.51. The minimum Gasteiger partial charge on any atom is -0.302 e. The molecule has 0 aromatic heterocycles. The van der Waals surface area contributed by atoms with Gasteiger partial charge in [0.1, 0.15) is 0 Å². The van der Waals surface area contributed by atoms with E-state index in [1.807, 2.05) is 36.4 Å². The summed E-state index contributed by atoms with van der Waals surface area (Å²) in [4.78, 5) is 1.70. The molecule has 2 aromatic rings. The number of piperidine rings is 1. The molecule has 0 bridgehead atoms. The molecule has 33 heavy (non-hydrogen) atoms. The molecule has 2 fully saturated rings. The Hall–Kier alpha value is -2.64. The quantitative estimate of drug-likeness (QED) is 0.444. The Labute approximate surface area is 191 Å². The van der Waals surface area contributed by atoms with Gasteiger partial charge in [-0.2, -0.15) is 13.2 Å². The Morgan fingerprint density at radius 2 is 1.61 bits per heavy atom. The van der Waals surface area contributed by atoms with Crippen LogP contribution in [0.2, 0.25) is 0 Å². The summed E-state index contributed by atoms with van der Waals surface area (Å²) in [5.41, 5.74) is 1.12. The maximum absolute atomic E-state index is 13.3. The normalized spacial score (nSPS) is 20.9. The van der Waals surface area contributed by atoms with Crippen molar-refractivity contribution in [3.05, 3.63) is 82.4 Å². The van der Waals surface area contributed by atoms with Gasteiger partial charge in [-0.1, -0.05) is 60.2 Å². The molecule has 1 aliphatic heterocycles. The summed E-state index contributed by atoms with van der Waals surface area (Å²) in [6.45, 7) is 6.78. The molecule has 2 aromatic carbocycles. The number of fused-ring (bicyclic) bond motifs is 2. The molecule has 7 heteroatoms. The number of hydrogen-bond acceptors (Lipinski definition) is 3. The molecule has 172 valence electrons. The average molecular weight is 472 g/mol. The first-order valence-corrected chi connectivity index (χ1v) is 12.5. The third kappa shape index (κ3) is 4.08. The molecule has 1 unspecified atom stereocenters. The second-order valence-corrected chi connectivity index (χ2v) is 10.9. The Balaban J connectivity index is 1.60. The predicted molar refractivity (Wildman–Crippen MR) is 124 cm³/mol. The number of hydrogen-bond donors (Lipinski definition) is 0. The van der Waals surface area contributed by atoms with Crippen molar-refractivity contribution in [2.24, 2.45) is 5.92 Å². The van der Waals surface area contributed by atoms with E-state index in [1.54, 1.807) is 0 Å². The number of benzene rings is 2. The maximum Gasteiger partial charge on any atom is 0.501 e. The Bertz CT molecular complexity index is 1300. The molecule has 0 N–H and O–H groups in total. The first-order valence-electron chi connectivity index (χ1n) is 11.0. The first kappa shape index (κ1) is 22.2. The van der Waals surface area contributed by atoms with Crippen LogP contribution in [0, 0.1) is 5.92 Å². The van der Waals surface area contributed by atoms with E-state index in [0.717, 1.165) is 67.2 Å². The van der Waals surface area contributed by atoms with E-state index in [2.05, 4.69) is 11.5 Å². The van der Waals surface area contributed by atoms with Gasteiger partial charge in [-0.05, 0) is 65.1 Å². The fourth-order valence-corrected chi connectivity index (χ4v) is 5.58. The van der Waals surface area contributed by atoms with Gasteiger partial charge in [0.15, 0.2) is 0 Å². The molecule has 1 saturated heterocycles. The zero-order chi connectivity index (χ0) is 23.4.